The van der Waals surface area contributed by atoms with Gasteiger partial charge in [-0.3, -0.25) is 9.48 Å². The summed E-state index contributed by atoms with van der Waals surface area (Å²) in [6.07, 6.45) is 0.354. The van der Waals surface area contributed by atoms with Gasteiger partial charge in [-0.1, -0.05) is 26.0 Å². The molecular formula is C19H23N5O3. The summed E-state index contributed by atoms with van der Waals surface area (Å²) in [5.74, 6) is -0.00598. The molecule has 0 spiro atoms. The first-order valence-corrected chi connectivity index (χ1v) is 8.60. The van der Waals surface area contributed by atoms with Crippen molar-refractivity contribution in [1.29, 1.82) is 5.26 Å². The van der Waals surface area contributed by atoms with Crippen LogP contribution in [0, 0.1) is 24.2 Å². The molecule has 1 aromatic heterocycles. The average molecular weight is 369 g/mol. The lowest BCUT2D eigenvalue weighted by Gasteiger charge is -2.23. The molecule has 0 aliphatic rings. The van der Waals surface area contributed by atoms with E-state index in [2.05, 4.69) is 30.3 Å². The Morgan fingerprint density at radius 2 is 2.15 bits per heavy atom. The van der Waals surface area contributed by atoms with Crippen molar-refractivity contribution in [3.05, 3.63) is 47.3 Å². The summed E-state index contributed by atoms with van der Waals surface area (Å²) < 4.78 is 1.83. The smallest absolute Gasteiger partial charge is 0.405 e. The first-order valence-electron chi connectivity index (χ1n) is 8.60. The van der Waals surface area contributed by atoms with Crippen molar-refractivity contribution in [2.75, 3.05) is 11.4 Å². The molecule has 0 fully saturated rings. The highest BCUT2D eigenvalue weighted by molar-refractivity contribution is 5.96. The van der Waals surface area contributed by atoms with Crippen LogP contribution in [0.4, 0.5) is 10.5 Å². The molecule has 1 heterocycles. The third kappa shape index (κ3) is 5.31. The summed E-state index contributed by atoms with van der Waals surface area (Å²) in [7, 11) is 0. The normalized spacial score (nSPS) is 10.5. The molecule has 1 aromatic carbocycles. The fourth-order valence-corrected chi connectivity index (χ4v) is 2.71. The Balaban J connectivity index is 2.34. The molecule has 8 nitrogen and oxygen atoms in total. The summed E-state index contributed by atoms with van der Waals surface area (Å²) >= 11 is 0. The maximum Gasteiger partial charge on any atom is 0.405 e. The van der Waals surface area contributed by atoms with E-state index in [-0.39, 0.29) is 13.1 Å². The summed E-state index contributed by atoms with van der Waals surface area (Å²) in [4.78, 5) is 24.9. The van der Waals surface area contributed by atoms with E-state index in [1.54, 1.807) is 24.4 Å². The number of carbonyl (C=O) groups excluding carboxylic acids is 1. The van der Waals surface area contributed by atoms with Crippen LogP contribution in [0.1, 0.15) is 30.7 Å². The number of hydrogen-bond acceptors (Lipinski definition) is 4. The van der Waals surface area contributed by atoms with E-state index in [1.165, 1.54) is 4.90 Å². The fraction of sp³-hybridized carbons (Fsp3) is 0.368. The lowest BCUT2D eigenvalue weighted by atomic mass is 10.1. The highest BCUT2D eigenvalue weighted by Crippen LogP contribution is 2.23. The molecule has 8 heteroatoms. The second kappa shape index (κ2) is 8.85. The van der Waals surface area contributed by atoms with Crippen LogP contribution in [0.3, 0.4) is 0 Å². The van der Waals surface area contributed by atoms with Gasteiger partial charge in [0, 0.05) is 6.54 Å². The minimum Gasteiger partial charge on any atom is -0.465 e. The Morgan fingerprint density at radius 3 is 2.78 bits per heavy atom. The summed E-state index contributed by atoms with van der Waals surface area (Å²) in [6.45, 7) is 6.61. The van der Waals surface area contributed by atoms with E-state index in [4.69, 9.17) is 10.4 Å². The third-order valence-electron chi connectivity index (χ3n) is 3.99. The highest BCUT2D eigenvalue weighted by Gasteiger charge is 2.22. The molecule has 2 amide bonds. The molecule has 0 atom stereocenters. The molecule has 142 valence electrons. The Morgan fingerprint density at radius 1 is 1.41 bits per heavy atom. The van der Waals surface area contributed by atoms with Gasteiger partial charge in [0.05, 0.1) is 35.8 Å². The zero-order valence-electron chi connectivity index (χ0n) is 15.6. The Kier molecular flexibility index (Phi) is 6.55. The van der Waals surface area contributed by atoms with Crippen LogP contribution < -0.4 is 10.2 Å². The highest BCUT2D eigenvalue weighted by atomic mass is 16.4. The lowest BCUT2D eigenvalue weighted by molar-refractivity contribution is -0.117. The van der Waals surface area contributed by atoms with E-state index < -0.39 is 12.0 Å². The molecule has 0 aliphatic heterocycles. The SMILES string of the molecule is Cc1c(N(Cc2cccc(C#N)c2)C(=O)CNC(=O)O)cnn1CC(C)C. The average Bonchev–Trinajstić information content (AvgIpc) is 2.97. The molecule has 2 rings (SSSR count). The number of amides is 2. The van der Waals surface area contributed by atoms with Crippen molar-refractivity contribution >= 4 is 17.7 Å². The monoisotopic (exact) mass is 369 g/mol. The maximum atomic E-state index is 12.7. The van der Waals surface area contributed by atoms with Crippen LogP contribution in [0.25, 0.3) is 0 Å². The zero-order chi connectivity index (χ0) is 20.0. The number of nitriles is 1. The topological polar surface area (TPSA) is 111 Å². The predicted molar refractivity (Wildman–Crippen MR) is 100 cm³/mol. The zero-order valence-corrected chi connectivity index (χ0v) is 15.6. The first kappa shape index (κ1) is 20.0. The van der Waals surface area contributed by atoms with Crippen LogP contribution in [-0.4, -0.2) is 33.4 Å². The molecule has 0 saturated heterocycles. The van der Waals surface area contributed by atoms with Gasteiger partial charge in [-0.2, -0.15) is 10.4 Å². The van der Waals surface area contributed by atoms with Gasteiger partial charge in [0.1, 0.15) is 6.54 Å². The summed E-state index contributed by atoms with van der Waals surface area (Å²) in [5.41, 5.74) is 2.71. The van der Waals surface area contributed by atoms with Gasteiger partial charge in [0.25, 0.3) is 0 Å². The van der Waals surface area contributed by atoms with Crippen molar-refractivity contribution in [1.82, 2.24) is 15.1 Å². The van der Waals surface area contributed by atoms with E-state index in [1.807, 2.05) is 17.7 Å². The standard InChI is InChI=1S/C19H23N5O3/c1-13(2)11-24-14(3)17(9-22-24)23(18(25)10-21-19(26)27)12-16-6-4-5-15(7-16)8-20/h4-7,9,13,21H,10-12H2,1-3H3,(H,26,27). The molecule has 0 radical (unpaired) electrons. The quantitative estimate of drug-likeness (QED) is 0.779. The summed E-state index contributed by atoms with van der Waals surface area (Å²) in [5, 5.41) is 24.3. The minimum absolute atomic E-state index is 0.212. The van der Waals surface area contributed by atoms with E-state index in [9.17, 15) is 9.59 Å². The largest absolute Gasteiger partial charge is 0.465 e. The molecule has 2 aromatic rings. The second-order valence-electron chi connectivity index (χ2n) is 6.64. The molecule has 0 unspecified atom stereocenters. The van der Waals surface area contributed by atoms with Crippen LogP contribution in [0.5, 0.6) is 0 Å². The molecule has 27 heavy (non-hydrogen) atoms. The number of nitrogens with one attached hydrogen (secondary N) is 1. The van der Waals surface area contributed by atoms with Crippen LogP contribution >= 0.6 is 0 Å². The summed E-state index contributed by atoms with van der Waals surface area (Å²) in [6, 6.07) is 9.04. The van der Waals surface area contributed by atoms with E-state index in [0.717, 1.165) is 11.3 Å². The Hall–Kier alpha value is -3.34. The van der Waals surface area contributed by atoms with Gasteiger partial charge in [-0.05, 0) is 30.5 Å². The maximum absolute atomic E-state index is 12.7. The molecule has 2 N–H and O–H groups in total. The number of anilines is 1. The Labute approximate surface area is 158 Å². The van der Waals surface area contributed by atoms with Gasteiger partial charge in [0.15, 0.2) is 0 Å². The van der Waals surface area contributed by atoms with Crippen LogP contribution in [-0.2, 0) is 17.9 Å². The van der Waals surface area contributed by atoms with Gasteiger partial charge in [-0.25, -0.2) is 4.79 Å². The van der Waals surface area contributed by atoms with Crippen molar-refractivity contribution in [2.45, 2.75) is 33.9 Å². The van der Waals surface area contributed by atoms with Crippen molar-refractivity contribution < 1.29 is 14.7 Å². The molecule has 0 saturated carbocycles. The number of carbonyl (C=O) groups is 2. The number of aromatic nitrogens is 2. The molecule has 0 bridgehead atoms. The van der Waals surface area contributed by atoms with E-state index >= 15 is 0 Å². The minimum atomic E-state index is -1.26. The van der Waals surface area contributed by atoms with E-state index in [0.29, 0.717) is 23.7 Å². The molecular weight excluding hydrogens is 346 g/mol. The number of benzene rings is 1. The second-order valence-corrected chi connectivity index (χ2v) is 6.64. The number of hydrogen-bond donors (Lipinski definition) is 2. The van der Waals surface area contributed by atoms with Crippen molar-refractivity contribution in [3.8, 4) is 6.07 Å². The lowest BCUT2D eigenvalue weighted by Crippen LogP contribution is -2.39. The third-order valence-corrected chi connectivity index (χ3v) is 3.99. The van der Waals surface area contributed by atoms with Gasteiger partial charge in [0.2, 0.25) is 5.91 Å². The number of rotatable bonds is 7. The first-order chi connectivity index (χ1) is 12.8. The Bertz CT molecular complexity index is 866. The van der Waals surface area contributed by atoms with Crippen molar-refractivity contribution in [2.24, 2.45) is 5.92 Å². The van der Waals surface area contributed by atoms with Crippen molar-refractivity contribution in [3.63, 3.8) is 0 Å². The van der Waals surface area contributed by atoms with Crippen LogP contribution in [0.2, 0.25) is 0 Å². The number of carboxylic acid groups (broad SMARTS) is 1. The number of nitrogens with zero attached hydrogens (tertiary/aromatic N) is 4. The van der Waals surface area contributed by atoms with Crippen LogP contribution in [0.15, 0.2) is 30.5 Å². The fourth-order valence-electron chi connectivity index (χ4n) is 2.71. The van der Waals surface area contributed by atoms with Gasteiger partial charge < -0.3 is 15.3 Å². The predicted octanol–water partition coefficient (Wildman–Crippen LogP) is 2.52. The van der Waals surface area contributed by atoms with Gasteiger partial charge in [-0.15, -0.1) is 0 Å². The van der Waals surface area contributed by atoms with Gasteiger partial charge >= 0.3 is 6.09 Å². The molecule has 0 aliphatic carbocycles.